The van der Waals surface area contributed by atoms with E-state index in [1.165, 1.54) is 9.87 Å². The molecule has 0 unspecified atom stereocenters. The lowest BCUT2D eigenvalue weighted by Crippen LogP contribution is -2.58. The van der Waals surface area contributed by atoms with Crippen LogP contribution in [0, 0.1) is 0 Å². The summed E-state index contributed by atoms with van der Waals surface area (Å²) in [6, 6.07) is 5.35. The Morgan fingerprint density at radius 3 is 2.55 bits per heavy atom. The van der Waals surface area contributed by atoms with Crippen LogP contribution in [0.25, 0.3) is 0 Å². The zero-order chi connectivity index (χ0) is 16.0. The van der Waals surface area contributed by atoms with Crippen LogP contribution in [-0.2, 0) is 32.4 Å². The second-order valence-electron chi connectivity index (χ2n) is 6.41. The lowest BCUT2D eigenvalue weighted by molar-refractivity contribution is -0.160. The molecule has 1 saturated heterocycles. The number of sulfonamides is 1. The molecule has 1 aliphatic carbocycles. The highest BCUT2D eigenvalue weighted by Gasteiger charge is 2.46. The van der Waals surface area contributed by atoms with Crippen LogP contribution >= 0.6 is 0 Å². The average Bonchev–Trinajstić information content (AvgIpc) is 2.49. The Morgan fingerprint density at radius 1 is 1.14 bits per heavy atom. The van der Waals surface area contributed by atoms with Crippen molar-refractivity contribution in [3.8, 4) is 0 Å². The van der Waals surface area contributed by atoms with Gasteiger partial charge in [-0.15, -0.1) is 0 Å². The Bertz CT molecular complexity index is 709. The molecule has 6 heteroatoms. The van der Waals surface area contributed by atoms with Gasteiger partial charge >= 0.3 is 5.97 Å². The van der Waals surface area contributed by atoms with Crippen LogP contribution in [0.1, 0.15) is 37.8 Å². The number of cyclic esters (lactones) is 1. The highest BCUT2D eigenvalue weighted by molar-refractivity contribution is 7.89. The van der Waals surface area contributed by atoms with Crippen LogP contribution < -0.4 is 0 Å². The van der Waals surface area contributed by atoms with Gasteiger partial charge in [0.05, 0.1) is 4.90 Å². The van der Waals surface area contributed by atoms with Gasteiger partial charge in [-0.2, -0.15) is 4.31 Å². The molecule has 5 nitrogen and oxygen atoms in total. The molecule has 0 radical (unpaired) electrons. The molecule has 0 aromatic heterocycles. The summed E-state index contributed by atoms with van der Waals surface area (Å²) in [6.07, 6.45) is 4.18. The summed E-state index contributed by atoms with van der Waals surface area (Å²) in [6.45, 7) is 3.47. The Hall–Kier alpha value is -1.40. The molecule has 1 aliphatic heterocycles. The van der Waals surface area contributed by atoms with Gasteiger partial charge in [0.2, 0.25) is 10.0 Å². The maximum atomic E-state index is 13.0. The van der Waals surface area contributed by atoms with Crippen LogP contribution in [-0.4, -0.2) is 37.4 Å². The standard InChI is InChI=1S/C16H21NO4S/c1-16(2)15(18)21-10-9-17(16)22(19,20)14-8-7-12-5-3-4-6-13(12)11-14/h7-8,11H,3-6,9-10H2,1-2H3. The molecule has 0 saturated carbocycles. The minimum Gasteiger partial charge on any atom is -0.463 e. The molecular formula is C16H21NO4S. The molecule has 120 valence electrons. The van der Waals surface area contributed by atoms with Gasteiger partial charge in [0.15, 0.2) is 0 Å². The van der Waals surface area contributed by atoms with E-state index >= 15 is 0 Å². The number of esters is 1. The van der Waals surface area contributed by atoms with Crippen molar-refractivity contribution in [2.45, 2.75) is 50.0 Å². The van der Waals surface area contributed by atoms with E-state index in [9.17, 15) is 13.2 Å². The fourth-order valence-corrected chi connectivity index (χ4v) is 4.97. The summed E-state index contributed by atoms with van der Waals surface area (Å²) in [4.78, 5) is 12.2. The first-order chi connectivity index (χ1) is 10.3. The Morgan fingerprint density at radius 2 is 1.82 bits per heavy atom. The van der Waals surface area contributed by atoms with Gasteiger partial charge in [-0.05, 0) is 62.8 Å². The number of ether oxygens (including phenoxy) is 1. The molecule has 2 aliphatic rings. The van der Waals surface area contributed by atoms with Gasteiger partial charge in [0.25, 0.3) is 0 Å². The van der Waals surface area contributed by atoms with Crippen molar-refractivity contribution in [1.29, 1.82) is 0 Å². The van der Waals surface area contributed by atoms with E-state index in [1.807, 2.05) is 6.07 Å². The second-order valence-corrected chi connectivity index (χ2v) is 8.27. The van der Waals surface area contributed by atoms with E-state index in [4.69, 9.17) is 4.74 Å². The van der Waals surface area contributed by atoms with Crippen LogP contribution in [0.3, 0.4) is 0 Å². The Kier molecular flexibility index (Phi) is 3.77. The fourth-order valence-electron chi connectivity index (χ4n) is 3.20. The number of carbonyl (C=O) groups is 1. The third-order valence-electron chi connectivity index (χ3n) is 4.56. The first kappa shape index (κ1) is 15.5. The topological polar surface area (TPSA) is 63.7 Å². The summed E-state index contributed by atoms with van der Waals surface area (Å²) in [5, 5.41) is 0. The molecular weight excluding hydrogens is 302 g/mol. The number of nitrogens with zero attached hydrogens (tertiary/aromatic N) is 1. The smallest absolute Gasteiger partial charge is 0.327 e. The highest BCUT2D eigenvalue weighted by atomic mass is 32.2. The third-order valence-corrected chi connectivity index (χ3v) is 6.63. The van der Waals surface area contributed by atoms with Crippen LogP contribution in [0.2, 0.25) is 0 Å². The lowest BCUT2D eigenvalue weighted by Gasteiger charge is -2.38. The summed E-state index contributed by atoms with van der Waals surface area (Å²) < 4.78 is 32.2. The first-order valence-electron chi connectivity index (χ1n) is 7.65. The van der Waals surface area contributed by atoms with Crippen molar-refractivity contribution < 1.29 is 17.9 Å². The van der Waals surface area contributed by atoms with E-state index in [-0.39, 0.29) is 18.0 Å². The number of morpholine rings is 1. The number of benzene rings is 1. The summed E-state index contributed by atoms with van der Waals surface area (Å²) in [7, 11) is -3.70. The first-order valence-corrected chi connectivity index (χ1v) is 9.09. The average molecular weight is 323 g/mol. The van der Waals surface area contributed by atoms with Gasteiger partial charge in [0.1, 0.15) is 12.1 Å². The van der Waals surface area contributed by atoms with Crippen LogP contribution in [0.5, 0.6) is 0 Å². The molecule has 0 bridgehead atoms. The summed E-state index contributed by atoms with van der Waals surface area (Å²) in [5.74, 6) is -0.500. The number of hydrogen-bond donors (Lipinski definition) is 0. The monoisotopic (exact) mass is 323 g/mol. The Balaban J connectivity index is 2.01. The van der Waals surface area contributed by atoms with Crippen LogP contribution in [0.4, 0.5) is 0 Å². The predicted molar refractivity (Wildman–Crippen MR) is 82.0 cm³/mol. The molecule has 1 aromatic rings. The van der Waals surface area contributed by atoms with Crippen molar-refractivity contribution >= 4 is 16.0 Å². The molecule has 1 aromatic carbocycles. The van der Waals surface area contributed by atoms with Crippen molar-refractivity contribution in [2.75, 3.05) is 13.2 Å². The van der Waals surface area contributed by atoms with Crippen molar-refractivity contribution in [2.24, 2.45) is 0 Å². The van der Waals surface area contributed by atoms with Crippen LogP contribution in [0.15, 0.2) is 23.1 Å². The maximum Gasteiger partial charge on any atom is 0.327 e. The van der Waals surface area contributed by atoms with Gasteiger partial charge < -0.3 is 4.74 Å². The number of aryl methyl sites for hydroxylation is 2. The van der Waals surface area contributed by atoms with Gasteiger partial charge in [-0.25, -0.2) is 8.42 Å². The van der Waals surface area contributed by atoms with Crippen molar-refractivity contribution in [3.63, 3.8) is 0 Å². The largest absolute Gasteiger partial charge is 0.463 e. The maximum absolute atomic E-state index is 13.0. The lowest BCUT2D eigenvalue weighted by atomic mass is 9.92. The highest BCUT2D eigenvalue weighted by Crippen LogP contribution is 2.30. The number of carbonyl (C=O) groups excluding carboxylic acids is 1. The molecule has 22 heavy (non-hydrogen) atoms. The fraction of sp³-hybridized carbons (Fsp3) is 0.562. The van der Waals surface area contributed by atoms with E-state index in [0.29, 0.717) is 0 Å². The predicted octanol–water partition coefficient (Wildman–Crippen LogP) is 1.89. The van der Waals surface area contributed by atoms with E-state index in [0.717, 1.165) is 31.2 Å². The molecule has 0 spiro atoms. The normalized spacial score (nSPS) is 22.0. The van der Waals surface area contributed by atoms with Crippen molar-refractivity contribution in [3.05, 3.63) is 29.3 Å². The quantitative estimate of drug-likeness (QED) is 0.780. The SMILES string of the molecule is CC1(C)C(=O)OCCN1S(=O)(=O)c1ccc2c(c1)CCCC2. The van der Waals surface area contributed by atoms with Crippen molar-refractivity contribution in [1.82, 2.24) is 4.31 Å². The molecule has 0 atom stereocenters. The number of hydrogen-bond acceptors (Lipinski definition) is 4. The molecule has 0 N–H and O–H groups in total. The van der Waals surface area contributed by atoms with Gasteiger partial charge in [-0.1, -0.05) is 6.07 Å². The number of rotatable bonds is 2. The molecule has 1 heterocycles. The van der Waals surface area contributed by atoms with E-state index < -0.39 is 21.5 Å². The summed E-state index contributed by atoms with van der Waals surface area (Å²) >= 11 is 0. The van der Waals surface area contributed by atoms with E-state index in [2.05, 4.69) is 0 Å². The second kappa shape index (κ2) is 5.35. The minimum absolute atomic E-state index is 0.104. The zero-order valence-corrected chi connectivity index (χ0v) is 13.8. The van der Waals surface area contributed by atoms with E-state index in [1.54, 1.807) is 26.0 Å². The van der Waals surface area contributed by atoms with Gasteiger partial charge in [-0.3, -0.25) is 4.79 Å². The number of fused-ring (bicyclic) bond motifs is 1. The van der Waals surface area contributed by atoms with Gasteiger partial charge in [0, 0.05) is 6.54 Å². The summed E-state index contributed by atoms with van der Waals surface area (Å²) in [5.41, 5.74) is 1.18. The molecule has 0 amide bonds. The Labute approximate surface area is 131 Å². The molecule has 1 fully saturated rings. The third kappa shape index (κ3) is 2.44. The molecule has 3 rings (SSSR count). The minimum atomic E-state index is -3.70. The zero-order valence-electron chi connectivity index (χ0n) is 13.0.